The number of nitrogens with zero attached hydrogens (tertiary/aromatic N) is 1. The molecule has 106 valence electrons. The highest BCUT2D eigenvalue weighted by atomic mass is 127. The van der Waals surface area contributed by atoms with Crippen molar-refractivity contribution in [2.75, 3.05) is 7.11 Å². The van der Waals surface area contributed by atoms with Crippen LogP contribution in [0.3, 0.4) is 0 Å². The molecule has 3 nitrogen and oxygen atoms in total. The SMILES string of the molecule is COc1ccc2c(ccn2CC(=O)c2ccc(I)cc2)c1. The highest BCUT2D eigenvalue weighted by Gasteiger charge is 2.09. The second kappa shape index (κ2) is 5.89. The van der Waals surface area contributed by atoms with Crippen LogP contribution >= 0.6 is 22.6 Å². The van der Waals surface area contributed by atoms with Crippen molar-refractivity contribution < 1.29 is 9.53 Å². The summed E-state index contributed by atoms with van der Waals surface area (Å²) in [6.07, 6.45) is 1.94. The molecule has 3 rings (SSSR count). The molecule has 0 aliphatic heterocycles. The molecule has 0 aliphatic carbocycles. The predicted molar refractivity (Wildman–Crippen MR) is 92.0 cm³/mol. The van der Waals surface area contributed by atoms with E-state index in [0.29, 0.717) is 6.54 Å². The Hall–Kier alpha value is -1.82. The number of Topliss-reactive ketones (excluding diaryl/α,β-unsaturated/α-hetero) is 1. The number of aromatic nitrogens is 1. The lowest BCUT2D eigenvalue weighted by Crippen LogP contribution is -2.09. The minimum atomic E-state index is 0.111. The Bertz CT molecular complexity index is 790. The summed E-state index contributed by atoms with van der Waals surface area (Å²) >= 11 is 2.23. The Kier molecular flexibility index (Phi) is 3.96. The van der Waals surface area contributed by atoms with Crippen molar-refractivity contribution in [1.29, 1.82) is 0 Å². The van der Waals surface area contributed by atoms with Crippen LogP contribution in [0.1, 0.15) is 10.4 Å². The van der Waals surface area contributed by atoms with E-state index >= 15 is 0 Å². The highest BCUT2D eigenvalue weighted by molar-refractivity contribution is 14.1. The van der Waals surface area contributed by atoms with Crippen molar-refractivity contribution in [3.05, 3.63) is 63.9 Å². The molecule has 1 heterocycles. The molecule has 0 aliphatic rings. The number of ether oxygens (including phenoxy) is 1. The van der Waals surface area contributed by atoms with Gasteiger partial charge < -0.3 is 9.30 Å². The standard InChI is InChI=1S/C17H14INO2/c1-21-15-6-7-16-13(10-15)8-9-19(16)11-17(20)12-2-4-14(18)5-3-12/h2-10H,11H2,1H3. The van der Waals surface area contributed by atoms with E-state index in [1.807, 2.05) is 59.3 Å². The Morgan fingerprint density at radius 1 is 1.14 bits per heavy atom. The number of fused-ring (bicyclic) bond motifs is 1. The Labute approximate surface area is 136 Å². The van der Waals surface area contributed by atoms with Crippen molar-refractivity contribution in [2.45, 2.75) is 6.54 Å². The van der Waals surface area contributed by atoms with E-state index < -0.39 is 0 Å². The maximum atomic E-state index is 12.3. The summed E-state index contributed by atoms with van der Waals surface area (Å²) in [6, 6.07) is 15.5. The van der Waals surface area contributed by atoms with E-state index in [1.165, 1.54) is 0 Å². The summed E-state index contributed by atoms with van der Waals surface area (Å²) < 4.78 is 8.31. The van der Waals surface area contributed by atoms with Crippen molar-refractivity contribution in [1.82, 2.24) is 4.57 Å². The summed E-state index contributed by atoms with van der Waals surface area (Å²) in [5.74, 6) is 0.934. The molecular weight excluding hydrogens is 377 g/mol. The number of methoxy groups -OCH3 is 1. The molecule has 0 saturated carbocycles. The van der Waals surface area contributed by atoms with Gasteiger partial charge in [-0.25, -0.2) is 0 Å². The first-order chi connectivity index (χ1) is 10.2. The maximum absolute atomic E-state index is 12.3. The molecule has 3 aromatic rings. The smallest absolute Gasteiger partial charge is 0.182 e. The molecule has 0 N–H and O–H groups in total. The number of carbonyl (C=O) groups excluding carboxylic acids is 1. The quantitative estimate of drug-likeness (QED) is 0.495. The number of halogens is 1. The molecule has 0 amide bonds. The zero-order chi connectivity index (χ0) is 14.8. The molecule has 2 aromatic carbocycles. The molecule has 4 heteroatoms. The first-order valence-corrected chi connectivity index (χ1v) is 7.67. The van der Waals surface area contributed by atoms with Gasteiger partial charge in [-0.2, -0.15) is 0 Å². The third kappa shape index (κ3) is 2.95. The second-order valence-electron chi connectivity index (χ2n) is 4.80. The van der Waals surface area contributed by atoms with Crippen LogP contribution < -0.4 is 4.74 Å². The molecule has 21 heavy (non-hydrogen) atoms. The monoisotopic (exact) mass is 391 g/mol. The van der Waals surface area contributed by atoms with Crippen LogP contribution in [-0.2, 0) is 6.54 Å². The van der Waals surface area contributed by atoms with Crippen LogP contribution in [0.15, 0.2) is 54.7 Å². The summed E-state index contributed by atoms with van der Waals surface area (Å²) in [5, 5.41) is 1.07. The lowest BCUT2D eigenvalue weighted by molar-refractivity contribution is 0.0973. The highest BCUT2D eigenvalue weighted by Crippen LogP contribution is 2.22. The fourth-order valence-electron chi connectivity index (χ4n) is 2.32. The van der Waals surface area contributed by atoms with Gasteiger partial charge in [0.15, 0.2) is 5.78 Å². The fourth-order valence-corrected chi connectivity index (χ4v) is 2.68. The lowest BCUT2D eigenvalue weighted by atomic mass is 10.1. The average molecular weight is 391 g/mol. The van der Waals surface area contributed by atoms with Gasteiger partial charge in [0.05, 0.1) is 13.7 Å². The van der Waals surface area contributed by atoms with Gasteiger partial charge in [0.2, 0.25) is 0 Å². The minimum Gasteiger partial charge on any atom is -0.497 e. The molecular formula is C17H14INO2. The molecule has 1 aromatic heterocycles. The second-order valence-corrected chi connectivity index (χ2v) is 6.04. The summed E-state index contributed by atoms with van der Waals surface area (Å²) in [7, 11) is 1.65. The predicted octanol–water partition coefficient (Wildman–Crippen LogP) is 4.14. The summed E-state index contributed by atoms with van der Waals surface area (Å²) in [6.45, 7) is 0.344. The average Bonchev–Trinajstić information content (AvgIpc) is 2.90. The fraction of sp³-hybridized carbons (Fsp3) is 0.118. The van der Waals surface area contributed by atoms with Gasteiger partial charge in [0.1, 0.15) is 5.75 Å². The van der Waals surface area contributed by atoms with E-state index in [9.17, 15) is 4.79 Å². The minimum absolute atomic E-state index is 0.111. The third-order valence-corrected chi connectivity index (χ3v) is 4.18. The normalized spacial score (nSPS) is 10.8. The zero-order valence-electron chi connectivity index (χ0n) is 11.5. The van der Waals surface area contributed by atoms with Gasteiger partial charge in [0, 0.05) is 26.2 Å². The van der Waals surface area contributed by atoms with Crippen molar-refractivity contribution in [3.8, 4) is 5.75 Å². The van der Waals surface area contributed by atoms with Gasteiger partial charge >= 0.3 is 0 Å². The van der Waals surface area contributed by atoms with Crippen LogP contribution in [0.4, 0.5) is 0 Å². The number of ketones is 1. The molecule has 0 fully saturated rings. The van der Waals surface area contributed by atoms with Crippen molar-refractivity contribution in [3.63, 3.8) is 0 Å². The van der Waals surface area contributed by atoms with Gasteiger partial charge in [-0.1, -0.05) is 12.1 Å². The number of rotatable bonds is 4. The van der Waals surface area contributed by atoms with E-state index in [2.05, 4.69) is 22.6 Å². The molecule has 0 atom stereocenters. The maximum Gasteiger partial charge on any atom is 0.182 e. The molecule has 0 unspecified atom stereocenters. The number of benzene rings is 2. The summed E-state index contributed by atoms with van der Waals surface area (Å²) in [5.41, 5.74) is 1.78. The largest absolute Gasteiger partial charge is 0.497 e. The van der Waals surface area contributed by atoms with Gasteiger partial charge in [0.25, 0.3) is 0 Å². The lowest BCUT2D eigenvalue weighted by Gasteiger charge is -2.06. The van der Waals surface area contributed by atoms with Gasteiger partial charge in [-0.15, -0.1) is 0 Å². The molecule has 0 spiro atoms. The van der Waals surface area contributed by atoms with Crippen molar-refractivity contribution in [2.24, 2.45) is 0 Å². The zero-order valence-corrected chi connectivity index (χ0v) is 13.7. The van der Waals surface area contributed by atoms with Gasteiger partial charge in [-0.05, 0) is 59.0 Å². The molecule has 0 saturated heterocycles. The number of hydrogen-bond acceptors (Lipinski definition) is 2. The van der Waals surface area contributed by atoms with Gasteiger partial charge in [-0.3, -0.25) is 4.79 Å². The number of carbonyl (C=O) groups is 1. The van der Waals surface area contributed by atoms with Crippen LogP contribution in [0.25, 0.3) is 10.9 Å². The van der Waals surface area contributed by atoms with Crippen LogP contribution in [0.5, 0.6) is 5.75 Å². The topological polar surface area (TPSA) is 31.2 Å². The van der Waals surface area contributed by atoms with Crippen molar-refractivity contribution >= 4 is 39.3 Å². The third-order valence-electron chi connectivity index (χ3n) is 3.46. The Balaban J connectivity index is 1.87. The Morgan fingerprint density at radius 2 is 1.90 bits per heavy atom. The first-order valence-electron chi connectivity index (χ1n) is 6.59. The van der Waals surface area contributed by atoms with E-state index in [4.69, 9.17) is 4.74 Å². The Morgan fingerprint density at radius 3 is 2.62 bits per heavy atom. The van der Waals surface area contributed by atoms with E-state index in [1.54, 1.807) is 7.11 Å². The first kappa shape index (κ1) is 14.1. The summed E-state index contributed by atoms with van der Waals surface area (Å²) in [4.78, 5) is 12.3. The van der Waals surface area contributed by atoms with E-state index in [-0.39, 0.29) is 5.78 Å². The van der Waals surface area contributed by atoms with Crippen LogP contribution in [0, 0.1) is 3.57 Å². The molecule has 0 radical (unpaired) electrons. The van der Waals surface area contributed by atoms with E-state index in [0.717, 1.165) is 25.8 Å². The number of hydrogen-bond donors (Lipinski definition) is 0. The molecule has 0 bridgehead atoms. The van der Waals surface area contributed by atoms with Crippen LogP contribution in [-0.4, -0.2) is 17.5 Å². The van der Waals surface area contributed by atoms with Crippen LogP contribution in [0.2, 0.25) is 0 Å².